The van der Waals surface area contributed by atoms with Gasteiger partial charge < -0.3 is 4.52 Å². The average molecular weight is 429 g/mol. The molecule has 0 atom stereocenters. The molecule has 148 valence electrons. The normalized spacial score (nSPS) is 11.6. The summed E-state index contributed by atoms with van der Waals surface area (Å²) in [6, 6.07) is 14.3. The Balaban J connectivity index is 1.71. The maximum absolute atomic E-state index is 13.2. The van der Waals surface area contributed by atoms with Gasteiger partial charge in [-0.05, 0) is 48.7 Å². The lowest BCUT2D eigenvalue weighted by Gasteiger charge is -2.19. The van der Waals surface area contributed by atoms with E-state index in [-0.39, 0.29) is 10.8 Å². The van der Waals surface area contributed by atoms with Crippen LogP contribution >= 0.6 is 11.3 Å². The number of benzene rings is 2. The molecule has 0 radical (unpaired) electrons. The predicted octanol–water partition coefficient (Wildman–Crippen LogP) is 4.74. The largest absolute Gasteiger partial charge is 0.333 e. The molecule has 2 heterocycles. The van der Waals surface area contributed by atoms with Crippen molar-refractivity contribution in [1.82, 2.24) is 10.1 Å². The van der Waals surface area contributed by atoms with Crippen LogP contribution in [-0.4, -0.2) is 25.6 Å². The van der Waals surface area contributed by atoms with Crippen molar-refractivity contribution in [2.75, 3.05) is 11.4 Å². The smallest absolute Gasteiger partial charge is 0.269 e. The highest BCUT2D eigenvalue weighted by Crippen LogP contribution is 2.35. The minimum Gasteiger partial charge on any atom is -0.333 e. The van der Waals surface area contributed by atoms with Crippen LogP contribution in [0.15, 0.2) is 69.4 Å². The molecular formula is C20H16FN3O3S2. The molecule has 0 bridgehead atoms. The summed E-state index contributed by atoms with van der Waals surface area (Å²) < 4.78 is 45.9. The molecule has 0 aliphatic rings. The Morgan fingerprint density at radius 1 is 1.10 bits per heavy atom. The van der Waals surface area contributed by atoms with E-state index >= 15 is 0 Å². The number of aromatic nitrogens is 2. The van der Waals surface area contributed by atoms with E-state index in [1.165, 1.54) is 48.7 Å². The maximum Gasteiger partial charge on any atom is 0.269 e. The molecule has 0 spiro atoms. The molecule has 0 saturated heterocycles. The molecule has 0 amide bonds. The zero-order chi connectivity index (χ0) is 20.6. The van der Waals surface area contributed by atoms with Gasteiger partial charge in [-0.2, -0.15) is 4.98 Å². The van der Waals surface area contributed by atoms with E-state index in [9.17, 15) is 12.8 Å². The lowest BCUT2D eigenvalue weighted by Crippen LogP contribution is -2.26. The summed E-state index contributed by atoms with van der Waals surface area (Å²) in [5.74, 6) is 0.0697. The Morgan fingerprint density at radius 3 is 2.59 bits per heavy atom. The molecule has 0 aliphatic heterocycles. The second-order valence-corrected chi connectivity index (χ2v) is 9.21. The van der Waals surface area contributed by atoms with Crippen LogP contribution in [0.25, 0.3) is 22.2 Å². The SMILES string of the molecule is Cc1cccc(-c2noc(-c3sccc3S(=O)(=O)N(C)c3ccc(F)cc3)n2)c1. The van der Waals surface area contributed by atoms with Gasteiger partial charge in [-0.3, -0.25) is 4.31 Å². The Labute approximate surface area is 171 Å². The van der Waals surface area contributed by atoms with E-state index in [2.05, 4.69) is 10.1 Å². The Hall–Kier alpha value is -3.04. The van der Waals surface area contributed by atoms with Gasteiger partial charge in [-0.15, -0.1) is 11.3 Å². The predicted molar refractivity (Wildman–Crippen MR) is 110 cm³/mol. The highest BCUT2D eigenvalue weighted by Gasteiger charge is 2.28. The van der Waals surface area contributed by atoms with Crippen LogP contribution in [0.3, 0.4) is 0 Å². The molecule has 4 aromatic rings. The first-order chi connectivity index (χ1) is 13.9. The summed E-state index contributed by atoms with van der Waals surface area (Å²) in [7, 11) is -2.50. The number of anilines is 1. The molecule has 0 aliphatic carbocycles. The van der Waals surface area contributed by atoms with Crippen molar-refractivity contribution < 1.29 is 17.3 Å². The minimum absolute atomic E-state index is 0.0498. The highest BCUT2D eigenvalue weighted by molar-refractivity contribution is 7.93. The van der Waals surface area contributed by atoms with Crippen molar-refractivity contribution in [2.24, 2.45) is 0 Å². The summed E-state index contributed by atoms with van der Waals surface area (Å²) >= 11 is 1.19. The molecule has 0 N–H and O–H groups in total. The summed E-state index contributed by atoms with van der Waals surface area (Å²) in [6.45, 7) is 1.96. The van der Waals surface area contributed by atoms with E-state index < -0.39 is 15.8 Å². The fourth-order valence-corrected chi connectivity index (χ4v) is 5.32. The van der Waals surface area contributed by atoms with Gasteiger partial charge in [-0.25, -0.2) is 12.8 Å². The summed E-state index contributed by atoms with van der Waals surface area (Å²) in [6.07, 6.45) is 0. The Kier molecular flexibility index (Phi) is 4.93. The maximum atomic E-state index is 13.2. The lowest BCUT2D eigenvalue weighted by atomic mass is 10.1. The van der Waals surface area contributed by atoms with Gasteiger partial charge in [0.05, 0.1) is 5.69 Å². The fraction of sp³-hybridized carbons (Fsp3) is 0.100. The monoisotopic (exact) mass is 429 g/mol. The van der Waals surface area contributed by atoms with Gasteiger partial charge in [0.2, 0.25) is 5.82 Å². The molecule has 9 heteroatoms. The number of aryl methyl sites for hydroxylation is 1. The number of rotatable bonds is 5. The zero-order valence-electron chi connectivity index (χ0n) is 15.5. The molecule has 2 aromatic heterocycles. The van der Waals surface area contributed by atoms with Gasteiger partial charge in [-0.1, -0.05) is 28.9 Å². The standard InChI is InChI=1S/C20H16FN3O3S2/c1-13-4-3-5-14(12-13)19-22-20(27-23-19)18-17(10-11-28-18)29(25,26)24(2)16-8-6-15(21)7-9-16/h3-12H,1-2H3. The average Bonchev–Trinajstić information content (AvgIpc) is 3.37. The number of hydrogen-bond donors (Lipinski definition) is 0. The molecule has 6 nitrogen and oxygen atoms in total. The third-order valence-electron chi connectivity index (χ3n) is 4.35. The van der Waals surface area contributed by atoms with Gasteiger partial charge >= 0.3 is 0 Å². The topological polar surface area (TPSA) is 76.3 Å². The molecule has 2 aromatic carbocycles. The van der Waals surface area contributed by atoms with Crippen LogP contribution in [0, 0.1) is 12.7 Å². The third-order valence-corrected chi connectivity index (χ3v) is 7.21. The van der Waals surface area contributed by atoms with Crippen molar-refractivity contribution in [3.05, 3.63) is 71.4 Å². The van der Waals surface area contributed by atoms with Crippen LogP contribution < -0.4 is 4.31 Å². The van der Waals surface area contributed by atoms with Crippen LogP contribution in [0.5, 0.6) is 0 Å². The molecule has 0 fully saturated rings. The summed E-state index contributed by atoms with van der Waals surface area (Å²) in [5, 5.41) is 5.64. The van der Waals surface area contributed by atoms with Crippen LogP contribution in [0.1, 0.15) is 5.56 Å². The van der Waals surface area contributed by atoms with E-state index in [4.69, 9.17) is 4.52 Å². The number of sulfonamides is 1. The minimum atomic E-state index is -3.91. The lowest BCUT2D eigenvalue weighted by molar-refractivity contribution is 0.432. The first-order valence-electron chi connectivity index (χ1n) is 8.59. The second kappa shape index (κ2) is 7.41. The molecule has 0 unspecified atom stereocenters. The van der Waals surface area contributed by atoms with Crippen LogP contribution in [0.2, 0.25) is 0 Å². The summed E-state index contributed by atoms with van der Waals surface area (Å²) in [5.41, 5.74) is 2.17. The van der Waals surface area contributed by atoms with E-state index in [0.29, 0.717) is 16.4 Å². The van der Waals surface area contributed by atoms with E-state index in [1.54, 1.807) is 5.38 Å². The number of halogens is 1. The first kappa shape index (κ1) is 19.3. The summed E-state index contributed by atoms with van der Waals surface area (Å²) in [4.78, 5) is 4.78. The van der Waals surface area contributed by atoms with Crippen molar-refractivity contribution in [2.45, 2.75) is 11.8 Å². The van der Waals surface area contributed by atoms with E-state index in [0.717, 1.165) is 15.4 Å². The number of hydrogen-bond acceptors (Lipinski definition) is 6. The number of thiophene rings is 1. The van der Waals surface area contributed by atoms with Crippen molar-refractivity contribution in [3.63, 3.8) is 0 Å². The fourth-order valence-electron chi connectivity index (χ4n) is 2.81. The van der Waals surface area contributed by atoms with Gasteiger partial charge in [0.1, 0.15) is 15.6 Å². The molecule has 29 heavy (non-hydrogen) atoms. The van der Waals surface area contributed by atoms with Crippen LogP contribution in [-0.2, 0) is 10.0 Å². The Morgan fingerprint density at radius 2 is 1.86 bits per heavy atom. The Bertz CT molecular complexity index is 1260. The highest BCUT2D eigenvalue weighted by atomic mass is 32.2. The van der Waals surface area contributed by atoms with Crippen molar-refractivity contribution in [3.8, 4) is 22.2 Å². The van der Waals surface area contributed by atoms with Crippen molar-refractivity contribution >= 4 is 27.0 Å². The van der Waals surface area contributed by atoms with Gasteiger partial charge in [0, 0.05) is 12.6 Å². The van der Waals surface area contributed by atoms with Crippen LogP contribution in [0.4, 0.5) is 10.1 Å². The number of nitrogens with zero attached hydrogens (tertiary/aromatic N) is 3. The van der Waals surface area contributed by atoms with Crippen molar-refractivity contribution in [1.29, 1.82) is 0 Å². The second-order valence-electron chi connectivity index (χ2n) is 6.36. The third kappa shape index (κ3) is 3.66. The quantitative estimate of drug-likeness (QED) is 0.458. The molecular weight excluding hydrogens is 413 g/mol. The van der Waals surface area contributed by atoms with E-state index in [1.807, 2.05) is 31.2 Å². The van der Waals surface area contributed by atoms with Gasteiger partial charge in [0.15, 0.2) is 0 Å². The first-order valence-corrected chi connectivity index (χ1v) is 10.9. The zero-order valence-corrected chi connectivity index (χ0v) is 17.2. The van der Waals surface area contributed by atoms with Gasteiger partial charge in [0.25, 0.3) is 15.9 Å². The molecule has 0 saturated carbocycles. The molecule has 4 rings (SSSR count).